The number of rotatable bonds is 4. The van der Waals surface area contributed by atoms with Crippen LogP contribution >= 0.6 is 0 Å². The minimum Gasteiger partial charge on any atom is -0.497 e. The second-order valence-electron chi connectivity index (χ2n) is 10.0. The van der Waals surface area contributed by atoms with Gasteiger partial charge in [-0.1, -0.05) is 0 Å². The number of piperidine rings is 1. The van der Waals surface area contributed by atoms with E-state index in [2.05, 4.69) is 26.3 Å². The lowest BCUT2D eigenvalue weighted by Crippen LogP contribution is -2.49. The van der Waals surface area contributed by atoms with Crippen LogP contribution in [0.4, 0.5) is 22.0 Å². The first-order valence-electron chi connectivity index (χ1n) is 13.2. The minimum absolute atomic E-state index is 0.0694. The summed E-state index contributed by atoms with van der Waals surface area (Å²) in [6.45, 7) is 2.66. The molecular weight excluding hydrogens is 494 g/mol. The number of nitrogens with one attached hydrogen (secondary N) is 1. The number of urea groups is 1. The highest BCUT2D eigenvalue weighted by molar-refractivity contribution is 6.06. The smallest absolute Gasteiger partial charge is 0.322 e. The van der Waals surface area contributed by atoms with E-state index in [9.17, 15) is 9.59 Å². The van der Waals surface area contributed by atoms with Crippen LogP contribution in [0.2, 0.25) is 0 Å². The standard InChI is InChI=1S/C29H29N7O3/c1-39-23-3-4-24-20(15-23)6-12-35(29(38)33-24)22-8-10-34(11-9-22)27-16-25(31-18-32-27)28(37)36-13-7-21-14-19(17-30)2-5-26(21)36/h2-5,14-16,18,22H,6-13H2,1H3,(H,33,38). The van der Waals surface area contributed by atoms with Crippen LogP contribution in [-0.2, 0) is 12.8 Å². The Morgan fingerprint density at radius 1 is 1.03 bits per heavy atom. The lowest BCUT2D eigenvalue weighted by atomic mass is 10.0. The summed E-state index contributed by atoms with van der Waals surface area (Å²) in [7, 11) is 1.64. The SMILES string of the molecule is COc1ccc2c(c1)CCN(C1CCN(c3cc(C(=O)N4CCc5cc(C#N)ccc54)ncn3)CC1)C(=O)N2. The number of aromatic nitrogens is 2. The third-order valence-corrected chi connectivity index (χ3v) is 7.89. The van der Waals surface area contributed by atoms with Gasteiger partial charge >= 0.3 is 6.03 Å². The molecule has 0 unspecified atom stereocenters. The summed E-state index contributed by atoms with van der Waals surface area (Å²) in [4.78, 5) is 40.9. The first kappa shape index (κ1) is 24.7. The molecule has 1 fully saturated rings. The van der Waals surface area contributed by atoms with Gasteiger partial charge in [0.25, 0.3) is 5.91 Å². The lowest BCUT2D eigenvalue weighted by molar-refractivity contribution is 0.0984. The monoisotopic (exact) mass is 523 g/mol. The Bertz CT molecular complexity index is 1480. The molecule has 10 heteroatoms. The maximum Gasteiger partial charge on any atom is 0.322 e. The van der Waals surface area contributed by atoms with Crippen molar-refractivity contribution in [2.24, 2.45) is 0 Å². The Labute approximate surface area is 226 Å². The van der Waals surface area contributed by atoms with Crippen LogP contribution in [-0.4, -0.2) is 66.1 Å². The number of benzene rings is 2. The van der Waals surface area contributed by atoms with Crippen molar-refractivity contribution in [2.45, 2.75) is 31.7 Å². The Balaban J connectivity index is 1.11. The van der Waals surface area contributed by atoms with Crippen molar-refractivity contribution in [3.8, 4) is 11.8 Å². The highest BCUT2D eigenvalue weighted by Gasteiger charge is 2.31. The van der Waals surface area contributed by atoms with Crippen LogP contribution in [0.3, 0.4) is 0 Å². The first-order chi connectivity index (χ1) is 19.0. The molecular formula is C29H29N7O3. The fourth-order valence-corrected chi connectivity index (χ4v) is 5.77. The van der Waals surface area contributed by atoms with Crippen molar-refractivity contribution < 1.29 is 14.3 Å². The number of carbonyl (C=O) groups excluding carboxylic acids is 2. The molecule has 3 aromatic rings. The van der Waals surface area contributed by atoms with Crippen molar-refractivity contribution in [3.05, 3.63) is 71.2 Å². The average Bonchev–Trinajstić information content (AvgIpc) is 3.33. The predicted molar refractivity (Wildman–Crippen MR) is 146 cm³/mol. The molecule has 0 spiro atoms. The molecule has 3 aliphatic rings. The third kappa shape index (κ3) is 4.72. The highest BCUT2D eigenvalue weighted by Crippen LogP contribution is 2.31. The molecule has 0 bridgehead atoms. The average molecular weight is 524 g/mol. The number of anilines is 3. The highest BCUT2D eigenvalue weighted by atomic mass is 16.5. The van der Waals surface area contributed by atoms with Gasteiger partial charge in [0.05, 0.1) is 18.7 Å². The number of carbonyl (C=O) groups is 2. The van der Waals surface area contributed by atoms with Crippen LogP contribution < -0.4 is 19.9 Å². The van der Waals surface area contributed by atoms with E-state index in [-0.39, 0.29) is 18.0 Å². The van der Waals surface area contributed by atoms with Crippen LogP contribution in [0, 0.1) is 11.3 Å². The van der Waals surface area contributed by atoms with Gasteiger partial charge < -0.3 is 24.8 Å². The Hall–Kier alpha value is -4.65. The van der Waals surface area contributed by atoms with E-state index in [1.807, 2.05) is 35.2 Å². The summed E-state index contributed by atoms with van der Waals surface area (Å²) in [6.07, 6.45) is 4.53. The third-order valence-electron chi connectivity index (χ3n) is 7.89. The molecule has 6 rings (SSSR count). The predicted octanol–water partition coefficient (Wildman–Crippen LogP) is 3.62. The van der Waals surface area contributed by atoms with Crippen molar-refractivity contribution in [1.29, 1.82) is 5.26 Å². The van der Waals surface area contributed by atoms with Crippen molar-refractivity contribution in [1.82, 2.24) is 14.9 Å². The molecule has 2 aromatic carbocycles. The second-order valence-corrected chi connectivity index (χ2v) is 10.0. The van der Waals surface area contributed by atoms with Gasteiger partial charge in [-0.2, -0.15) is 5.26 Å². The fourth-order valence-electron chi connectivity index (χ4n) is 5.77. The normalized spacial score (nSPS) is 17.1. The van der Waals surface area contributed by atoms with Crippen LogP contribution in [0.5, 0.6) is 5.75 Å². The van der Waals surface area contributed by atoms with Crippen LogP contribution in [0.1, 0.15) is 40.0 Å². The van der Waals surface area contributed by atoms with Gasteiger partial charge in [-0.25, -0.2) is 14.8 Å². The maximum atomic E-state index is 13.4. The molecule has 4 heterocycles. The van der Waals surface area contributed by atoms with E-state index < -0.39 is 0 Å². The number of methoxy groups -OCH3 is 1. The van der Waals surface area contributed by atoms with Gasteiger partial charge in [0, 0.05) is 49.7 Å². The molecule has 0 aliphatic carbocycles. The zero-order valence-corrected chi connectivity index (χ0v) is 21.8. The number of fused-ring (bicyclic) bond motifs is 2. The van der Waals surface area contributed by atoms with Gasteiger partial charge in [0.2, 0.25) is 0 Å². The Kier molecular flexibility index (Phi) is 6.49. The van der Waals surface area contributed by atoms with E-state index in [1.54, 1.807) is 24.1 Å². The number of nitriles is 1. The zero-order valence-electron chi connectivity index (χ0n) is 21.8. The van der Waals surface area contributed by atoms with Gasteiger partial charge in [0.15, 0.2) is 0 Å². The number of ether oxygens (including phenoxy) is 1. The summed E-state index contributed by atoms with van der Waals surface area (Å²) < 4.78 is 5.34. The molecule has 1 saturated heterocycles. The minimum atomic E-state index is -0.172. The first-order valence-corrected chi connectivity index (χ1v) is 13.2. The fraction of sp³-hybridized carbons (Fsp3) is 0.345. The molecule has 0 atom stereocenters. The summed E-state index contributed by atoms with van der Waals surface area (Å²) in [5.41, 5.74) is 4.68. The van der Waals surface area contributed by atoms with Gasteiger partial charge in [-0.05, 0) is 73.2 Å². The topological polar surface area (TPSA) is 115 Å². The van der Waals surface area contributed by atoms with Gasteiger partial charge in [0.1, 0.15) is 23.6 Å². The number of hydrogen-bond donors (Lipinski definition) is 1. The molecule has 3 aliphatic heterocycles. The van der Waals surface area contributed by atoms with Gasteiger partial charge in [-0.3, -0.25) is 4.79 Å². The van der Waals surface area contributed by atoms with E-state index in [4.69, 9.17) is 10.00 Å². The molecule has 10 nitrogen and oxygen atoms in total. The van der Waals surface area contributed by atoms with Crippen LogP contribution in [0.15, 0.2) is 48.8 Å². The summed E-state index contributed by atoms with van der Waals surface area (Å²) in [6, 6.07) is 15.1. The molecule has 3 amide bonds. The zero-order chi connectivity index (χ0) is 26.9. The van der Waals surface area contributed by atoms with E-state index in [1.165, 1.54) is 6.33 Å². The number of nitrogens with zero attached hydrogens (tertiary/aromatic N) is 6. The quantitative estimate of drug-likeness (QED) is 0.555. The Morgan fingerprint density at radius 2 is 1.85 bits per heavy atom. The lowest BCUT2D eigenvalue weighted by Gasteiger charge is -2.38. The van der Waals surface area contributed by atoms with E-state index >= 15 is 0 Å². The molecule has 1 N–H and O–H groups in total. The van der Waals surface area contributed by atoms with Gasteiger partial charge in [-0.15, -0.1) is 0 Å². The summed E-state index contributed by atoms with van der Waals surface area (Å²) in [5, 5.41) is 12.2. The largest absolute Gasteiger partial charge is 0.497 e. The summed E-state index contributed by atoms with van der Waals surface area (Å²) in [5.74, 6) is 1.33. The summed E-state index contributed by atoms with van der Waals surface area (Å²) >= 11 is 0. The molecule has 198 valence electrons. The van der Waals surface area contributed by atoms with Crippen LogP contribution in [0.25, 0.3) is 0 Å². The number of amides is 3. The number of hydrogen-bond acceptors (Lipinski definition) is 7. The second kappa shape index (κ2) is 10.3. The van der Waals surface area contributed by atoms with Crippen molar-refractivity contribution in [2.75, 3.05) is 48.4 Å². The van der Waals surface area contributed by atoms with E-state index in [0.29, 0.717) is 36.6 Å². The Morgan fingerprint density at radius 3 is 2.64 bits per heavy atom. The van der Waals surface area contributed by atoms with Crippen molar-refractivity contribution >= 4 is 29.1 Å². The molecule has 39 heavy (non-hydrogen) atoms. The molecule has 1 aromatic heterocycles. The van der Waals surface area contributed by atoms with Crippen molar-refractivity contribution in [3.63, 3.8) is 0 Å². The maximum absolute atomic E-state index is 13.4. The molecule has 0 radical (unpaired) electrons. The van der Waals surface area contributed by atoms with E-state index in [0.717, 1.165) is 60.6 Å². The molecule has 0 saturated carbocycles.